The van der Waals surface area contributed by atoms with Crippen LogP contribution < -0.4 is 16.0 Å². The van der Waals surface area contributed by atoms with Crippen molar-refractivity contribution in [2.75, 3.05) is 28.0 Å². The first kappa shape index (κ1) is 29.9. The molecule has 8 nitrogen and oxygen atoms in total. The van der Waals surface area contributed by atoms with Crippen LogP contribution >= 0.6 is 24.4 Å². The van der Waals surface area contributed by atoms with Crippen molar-refractivity contribution in [2.24, 2.45) is 7.05 Å². The zero-order valence-electron chi connectivity index (χ0n) is 23.5. The first-order valence-corrected chi connectivity index (χ1v) is 15.2. The fourth-order valence-electron chi connectivity index (χ4n) is 4.50. The Kier molecular flexibility index (Phi) is 9.43. The molecule has 43 heavy (non-hydrogen) atoms. The van der Waals surface area contributed by atoms with Crippen LogP contribution in [0, 0.1) is 5.82 Å². The first-order chi connectivity index (χ1) is 20.8. The van der Waals surface area contributed by atoms with Crippen LogP contribution in [0.4, 0.5) is 27.3 Å². The number of thiol groups is 1. The third-order valence-electron chi connectivity index (χ3n) is 6.55. The number of thioether (sulfide) groups is 1. The monoisotopic (exact) mass is 612 g/mol. The van der Waals surface area contributed by atoms with E-state index in [4.69, 9.17) is 4.98 Å². The molecule has 2 aromatic heterocycles. The number of hydrogen-bond acceptors (Lipinski definition) is 7. The fraction of sp³-hybridized carbons (Fsp3) is 0.125. The van der Waals surface area contributed by atoms with Gasteiger partial charge in [0.2, 0.25) is 5.91 Å². The Hall–Kier alpha value is -4.61. The number of nitrogens with one attached hydrogen (secondary N) is 3. The number of pyridine rings is 1. The van der Waals surface area contributed by atoms with Crippen molar-refractivity contribution in [2.45, 2.75) is 11.6 Å². The number of nitrogens with zero attached hydrogens (tertiary/aromatic N) is 3. The zero-order chi connectivity index (χ0) is 30.3. The molecule has 2 heterocycles. The molecule has 218 valence electrons. The summed E-state index contributed by atoms with van der Waals surface area (Å²) in [6.07, 6.45) is 3.98. The molecule has 0 radical (unpaired) electrons. The quantitative estimate of drug-likeness (QED) is 0.0978. The average molecular weight is 613 g/mol. The second-order valence-electron chi connectivity index (χ2n) is 9.55. The molecular weight excluding hydrogens is 584 g/mol. The van der Waals surface area contributed by atoms with E-state index < -0.39 is 0 Å². The van der Waals surface area contributed by atoms with Crippen LogP contribution in [-0.4, -0.2) is 38.4 Å². The van der Waals surface area contributed by atoms with E-state index in [1.165, 1.54) is 23.9 Å². The average Bonchev–Trinajstić information content (AvgIpc) is 3.35. The molecule has 3 N–H and O–H groups in total. The molecule has 3 aromatic carbocycles. The molecule has 0 aliphatic rings. The van der Waals surface area contributed by atoms with Gasteiger partial charge in [0.1, 0.15) is 11.6 Å². The molecule has 11 heteroatoms. The molecular formula is C32H29FN6O2S2. The molecule has 2 amide bonds. The summed E-state index contributed by atoms with van der Waals surface area (Å²) in [6, 6.07) is 24.2. The highest BCUT2D eigenvalue weighted by molar-refractivity contribution is 7.98. The van der Waals surface area contributed by atoms with Crippen molar-refractivity contribution in [3.05, 3.63) is 103 Å². The molecule has 0 saturated heterocycles. The van der Waals surface area contributed by atoms with Gasteiger partial charge in [-0.25, -0.2) is 14.4 Å². The minimum Gasteiger partial charge on any atom is -0.340 e. The van der Waals surface area contributed by atoms with Crippen LogP contribution in [0.5, 0.6) is 0 Å². The van der Waals surface area contributed by atoms with Gasteiger partial charge in [-0.1, -0.05) is 17.8 Å². The fourth-order valence-corrected chi connectivity index (χ4v) is 5.25. The SMILES string of the molecule is CSc1nc(-c2ccc(F)cc2)c(-c2ccnc(Nc3ccc(NC(=O)c4cccc(NC(=O)CCS)c4)cc3)c2)n1C. The summed E-state index contributed by atoms with van der Waals surface area (Å²) in [5.74, 6) is 0.322. The predicted octanol–water partition coefficient (Wildman–Crippen LogP) is 7.26. The molecule has 0 atom stereocenters. The molecule has 0 unspecified atom stereocenters. The lowest BCUT2D eigenvalue weighted by atomic mass is 10.1. The Balaban J connectivity index is 1.30. The Bertz CT molecular complexity index is 1760. The minimum absolute atomic E-state index is 0.158. The lowest BCUT2D eigenvalue weighted by Crippen LogP contribution is -2.14. The van der Waals surface area contributed by atoms with E-state index in [1.807, 2.05) is 42.1 Å². The molecule has 5 rings (SSSR count). The minimum atomic E-state index is -0.299. The smallest absolute Gasteiger partial charge is 0.255 e. The van der Waals surface area contributed by atoms with Gasteiger partial charge >= 0.3 is 0 Å². The molecule has 0 spiro atoms. The number of aromatic nitrogens is 3. The third kappa shape index (κ3) is 7.25. The van der Waals surface area contributed by atoms with Crippen molar-refractivity contribution < 1.29 is 14.0 Å². The topological polar surface area (TPSA) is 101 Å². The second kappa shape index (κ2) is 13.6. The molecule has 0 aliphatic carbocycles. The van der Waals surface area contributed by atoms with E-state index in [1.54, 1.807) is 54.7 Å². The van der Waals surface area contributed by atoms with Gasteiger partial charge in [0.15, 0.2) is 5.16 Å². The van der Waals surface area contributed by atoms with E-state index in [9.17, 15) is 14.0 Å². The largest absolute Gasteiger partial charge is 0.340 e. The number of benzene rings is 3. The summed E-state index contributed by atoms with van der Waals surface area (Å²) in [5, 5.41) is 9.80. The van der Waals surface area contributed by atoms with Crippen LogP contribution in [-0.2, 0) is 11.8 Å². The summed E-state index contributed by atoms with van der Waals surface area (Å²) in [7, 11) is 1.96. The van der Waals surface area contributed by atoms with Gasteiger partial charge in [-0.2, -0.15) is 12.6 Å². The maximum Gasteiger partial charge on any atom is 0.255 e. The number of anilines is 4. The summed E-state index contributed by atoms with van der Waals surface area (Å²) in [5.41, 5.74) is 5.75. The van der Waals surface area contributed by atoms with Crippen LogP contribution in [0.25, 0.3) is 22.5 Å². The summed E-state index contributed by atoms with van der Waals surface area (Å²) in [4.78, 5) is 34.0. The van der Waals surface area contributed by atoms with Crippen LogP contribution in [0.2, 0.25) is 0 Å². The Morgan fingerprint density at radius 2 is 1.65 bits per heavy atom. The number of rotatable bonds is 10. The molecule has 0 saturated carbocycles. The molecule has 0 fully saturated rings. The van der Waals surface area contributed by atoms with Gasteiger partial charge in [0, 0.05) is 53.4 Å². The van der Waals surface area contributed by atoms with Gasteiger partial charge in [-0.05, 0) is 90.9 Å². The van der Waals surface area contributed by atoms with Crippen LogP contribution in [0.15, 0.2) is 96.3 Å². The highest BCUT2D eigenvalue weighted by atomic mass is 32.2. The molecule has 5 aromatic rings. The number of carbonyl (C=O) groups excluding carboxylic acids is 2. The van der Waals surface area contributed by atoms with Gasteiger partial charge < -0.3 is 20.5 Å². The van der Waals surface area contributed by atoms with Gasteiger partial charge in [-0.15, -0.1) is 0 Å². The van der Waals surface area contributed by atoms with Crippen molar-refractivity contribution in [3.63, 3.8) is 0 Å². The van der Waals surface area contributed by atoms with E-state index in [0.717, 1.165) is 33.4 Å². The number of halogens is 1. The number of hydrogen-bond donors (Lipinski definition) is 4. The summed E-state index contributed by atoms with van der Waals surface area (Å²) >= 11 is 5.60. The van der Waals surface area contributed by atoms with Gasteiger partial charge in [0.05, 0.1) is 11.4 Å². The highest BCUT2D eigenvalue weighted by Gasteiger charge is 2.18. The normalized spacial score (nSPS) is 10.8. The number of imidazole rings is 1. The third-order valence-corrected chi connectivity index (χ3v) is 7.50. The predicted molar refractivity (Wildman–Crippen MR) is 175 cm³/mol. The summed E-state index contributed by atoms with van der Waals surface area (Å²) in [6.45, 7) is 0. The Labute approximate surface area is 258 Å². The maximum absolute atomic E-state index is 13.6. The number of carbonyl (C=O) groups is 2. The van der Waals surface area contributed by atoms with Crippen LogP contribution in [0.3, 0.4) is 0 Å². The van der Waals surface area contributed by atoms with E-state index in [-0.39, 0.29) is 17.6 Å². The standard InChI is InChI=1S/C32H29FN6O2S2/c1-39-30(29(38-32(39)43-2)20-6-8-23(33)9-7-20)21-14-16-34-27(19-21)35-24-10-12-25(13-11-24)37-31(41)22-4-3-5-26(18-22)36-28(40)15-17-42/h3-14,16,18-19,42H,15,17H2,1-2H3,(H,34,35)(H,36,40)(H,37,41). The number of amides is 2. The lowest BCUT2D eigenvalue weighted by molar-refractivity contribution is -0.115. The highest BCUT2D eigenvalue weighted by Crippen LogP contribution is 2.35. The van der Waals surface area contributed by atoms with Crippen molar-refractivity contribution in [1.29, 1.82) is 0 Å². The summed E-state index contributed by atoms with van der Waals surface area (Å²) < 4.78 is 15.6. The van der Waals surface area contributed by atoms with Crippen molar-refractivity contribution >= 4 is 59.1 Å². The van der Waals surface area contributed by atoms with E-state index >= 15 is 0 Å². The Morgan fingerprint density at radius 3 is 2.37 bits per heavy atom. The Morgan fingerprint density at radius 1 is 0.907 bits per heavy atom. The van der Waals surface area contributed by atoms with Gasteiger partial charge in [-0.3, -0.25) is 9.59 Å². The molecule has 0 bridgehead atoms. The van der Waals surface area contributed by atoms with Crippen molar-refractivity contribution in [1.82, 2.24) is 14.5 Å². The lowest BCUT2D eigenvalue weighted by Gasteiger charge is -2.11. The van der Waals surface area contributed by atoms with Crippen LogP contribution in [0.1, 0.15) is 16.8 Å². The van der Waals surface area contributed by atoms with Gasteiger partial charge in [0.25, 0.3) is 5.91 Å². The first-order valence-electron chi connectivity index (χ1n) is 13.4. The van der Waals surface area contributed by atoms with E-state index in [0.29, 0.717) is 34.9 Å². The van der Waals surface area contributed by atoms with E-state index in [2.05, 4.69) is 33.6 Å². The zero-order valence-corrected chi connectivity index (χ0v) is 25.2. The second-order valence-corrected chi connectivity index (χ2v) is 10.8. The maximum atomic E-state index is 13.6. The van der Waals surface area contributed by atoms with Crippen molar-refractivity contribution in [3.8, 4) is 22.5 Å². The molecule has 0 aliphatic heterocycles.